The number of benzene rings is 1. The van der Waals surface area contributed by atoms with Crippen molar-refractivity contribution < 1.29 is 14.8 Å². The van der Waals surface area contributed by atoms with Crippen LogP contribution >= 0.6 is 23.2 Å². The van der Waals surface area contributed by atoms with Crippen LogP contribution in [-0.4, -0.2) is 29.1 Å². The fourth-order valence-electron chi connectivity index (χ4n) is 3.75. The Morgan fingerprint density at radius 2 is 1.83 bits per heavy atom. The summed E-state index contributed by atoms with van der Waals surface area (Å²) in [5, 5.41) is 6.45. The van der Waals surface area contributed by atoms with E-state index in [4.69, 9.17) is 27.9 Å². The molecular formula is C18H27Cl2N2O2+. The van der Waals surface area contributed by atoms with Gasteiger partial charge in [-0.05, 0) is 52.8 Å². The molecule has 3 N–H and O–H groups in total. The number of quaternary nitrogens is 1. The van der Waals surface area contributed by atoms with Crippen LogP contribution in [0, 0.1) is 0 Å². The minimum Gasteiger partial charge on any atom is -0.479 e. The SMILES string of the molecule is C[C@H](Oc1ccc(Cl)cc1Cl)C(=O)NC1CC(C)(C)[NH2+]C(C)(C)C1. The number of amides is 1. The van der Waals surface area contributed by atoms with Gasteiger partial charge in [-0.3, -0.25) is 4.79 Å². The Balaban J connectivity index is 1.98. The van der Waals surface area contributed by atoms with Crippen molar-refractivity contribution in [3.8, 4) is 5.75 Å². The van der Waals surface area contributed by atoms with Crippen LogP contribution in [0.3, 0.4) is 0 Å². The molecule has 1 atom stereocenters. The molecule has 6 heteroatoms. The van der Waals surface area contributed by atoms with Crippen molar-refractivity contribution in [3.05, 3.63) is 28.2 Å². The Kier molecular flexibility index (Phi) is 5.73. The average molecular weight is 374 g/mol. The highest BCUT2D eigenvalue weighted by Crippen LogP contribution is 2.28. The molecule has 0 aliphatic carbocycles. The minimum atomic E-state index is -0.624. The van der Waals surface area contributed by atoms with E-state index in [1.54, 1.807) is 25.1 Å². The predicted molar refractivity (Wildman–Crippen MR) is 97.8 cm³/mol. The molecule has 0 bridgehead atoms. The normalized spacial score (nSPS) is 21.1. The average Bonchev–Trinajstić information content (AvgIpc) is 2.38. The monoisotopic (exact) mass is 373 g/mol. The van der Waals surface area contributed by atoms with Crippen molar-refractivity contribution in [1.82, 2.24) is 5.32 Å². The number of rotatable bonds is 4. The fraction of sp³-hybridized carbons (Fsp3) is 0.611. The molecule has 134 valence electrons. The number of nitrogens with two attached hydrogens (primary N) is 1. The summed E-state index contributed by atoms with van der Waals surface area (Å²) in [4.78, 5) is 12.5. The van der Waals surface area contributed by atoms with Gasteiger partial charge in [-0.15, -0.1) is 0 Å². The lowest BCUT2D eigenvalue weighted by Crippen LogP contribution is -3.06. The van der Waals surface area contributed by atoms with Crippen molar-refractivity contribution in [2.24, 2.45) is 0 Å². The lowest BCUT2D eigenvalue weighted by molar-refractivity contribution is -0.787. The molecule has 2 rings (SSSR count). The first-order valence-electron chi connectivity index (χ1n) is 8.27. The van der Waals surface area contributed by atoms with Gasteiger partial charge in [0.05, 0.1) is 16.1 Å². The number of carbonyl (C=O) groups excluding carboxylic acids is 1. The van der Waals surface area contributed by atoms with Crippen LogP contribution in [0.5, 0.6) is 5.75 Å². The Morgan fingerprint density at radius 1 is 1.25 bits per heavy atom. The maximum Gasteiger partial charge on any atom is 0.261 e. The molecule has 1 fully saturated rings. The van der Waals surface area contributed by atoms with E-state index in [2.05, 4.69) is 38.3 Å². The molecule has 24 heavy (non-hydrogen) atoms. The first kappa shape index (κ1) is 19.4. The Morgan fingerprint density at radius 3 is 2.38 bits per heavy atom. The zero-order valence-electron chi connectivity index (χ0n) is 15.0. The lowest BCUT2D eigenvalue weighted by atomic mass is 9.79. The standard InChI is InChI=1S/C18H26Cl2N2O2/c1-11(24-15-7-6-12(19)8-14(15)20)16(23)21-13-9-17(2,3)22-18(4,5)10-13/h6-8,11,13,22H,9-10H2,1-5H3,(H,21,23)/p+1/t11-/m0/s1. The summed E-state index contributed by atoms with van der Waals surface area (Å²) in [6.45, 7) is 10.6. The van der Waals surface area contributed by atoms with Gasteiger partial charge in [0.25, 0.3) is 5.91 Å². The van der Waals surface area contributed by atoms with Crippen molar-refractivity contribution in [2.75, 3.05) is 0 Å². The van der Waals surface area contributed by atoms with Gasteiger partial charge in [0.15, 0.2) is 6.10 Å². The number of piperidine rings is 1. The second kappa shape index (κ2) is 7.11. The molecule has 1 aromatic rings. The number of ether oxygens (including phenoxy) is 1. The van der Waals surface area contributed by atoms with Gasteiger partial charge < -0.3 is 15.4 Å². The number of hydrogen-bond donors (Lipinski definition) is 2. The van der Waals surface area contributed by atoms with Crippen LogP contribution in [0.4, 0.5) is 0 Å². The molecule has 1 aliphatic rings. The highest BCUT2D eigenvalue weighted by molar-refractivity contribution is 6.35. The van der Waals surface area contributed by atoms with Crippen LogP contribution in [0.15, 0.2) is 18.2 Å². The minimum absolute atomic E-state index is 0.100. The molecule has 0 aromatic heterocycles. The predicted octanol–water partition coefficient (Wildman–Crippen LogP) is 3.16. The second-order valence-electron chi connectivity index (χ2n) is 8.07. The highest BCUT2D eigenvalue weighted by atomic mass is 35.5. The summed E-state index contributed by atoms with van der Waals surface area (Å²) in [5.74, 6) is 0.334. The molecule has 4 nitrogen and oxygen atoms in total. The van der Waals surface area contributed by atoms with E-state index in [1.165, 1.54) is 0 Å². The molecule has 0 radical (unpaired) electrons. The van der Waals surface area contributed by atoms with E-state index in [-0.39, 0.29) is 23.0 Å². The smallest absolute Gasteiger partial charge is 0.261 e. The van der Waals surface area contributed by atoms with E-state index in [0.29, 0.717) is 15.8 Å². The number of halogens is 2. The summed E-state index contributed by atoms with van der Waals surface area (Å²) in [6, 6.07) is 5.11. The van der Waals surface area contributed by atoms with Gasteiger partial charge in [0, 0.05) is 23.9 Å². The van der Waals surface area contributed by atoms with Gasteiger partial charge >= 0.3 is 0 Å². The first-order valence-corrected chi connectivity index (χ1v) is 9.02. The van der Waals surface area contributed by atoms with E-state index in [1.807, 2.05) is 0 Å². The second-order valence-corrected chi connectivity index (χ2v) is 8.91. The van der Waals surface area contributed by atoms with E-state index in [0.717, 1.165) is 12.8 Å². The number of nitrogens with one attached hydrogen (secondary N) is 1. The molecule has 1 aromatic carbocycles. The third kappa shape index (κ3) is 5.27. The van der Waals surface area contributed by atoms with Crippen molar-refractivity contribution in [1.29, 1.82) is 0 Å². The third-order valence-electron chi connectivity index (χ3n) is 4.24. The Hall–Kier alpha value is -0.970. The lowest BCUT2D eigenvalue weighted by Gasteiger charge is -2.43. The summed E-state index contributed by atoms with van der Waals surface area (Å²) in [5.41, 5.74) is 0.201. The van der Waals surface area contributed by atoms with Crippen molar-refractivity contribution >= 4 is 29.1 Å². The molecule has 1 amide bonds. The molecular weight excluding hydrogens is 347 g/mol. The van der Waals surface area contributed by atoms with Gasteiger partial charge in [-0.25, -0.2) is 0 Å². The first-order chi connectivity index (χ1) is 11.0. The van der Waals surface area contributed by atoms with Gasteiger partial charge in [0.2, 0.25) is 0 Å². The van der Waals surface area contributed by atoms with Gasteiger partial charge in [-0.1, -0.05) is 23.2 Å². The molecule has 1 aliphatic heterocycles. The van der Waals surface area contributed by atoms with Crippen molar-refractivity contribution in [3.63, 3.8) is 0 Å². The summed E-state index contributed by atoms with van der Waals surface area (Å²) >= 11 is 12.0. The van der Waals surface area contributed by atoms with Crippen LogP contribution in [0.25, 0.3) is 0 Å². The summed E-state index contributed by atoms with van der Waals surface area (Å²) in [6.07, 6.45) is 1.23. The number of carbonyl (C=O) groups is 1. The fourth-order valence-corrected chi connectivity index (χ4v) is 4.21. The zero-order chi connectivity index (χ0) is 18.1. The van der Waals surface area contributed by atoms with E-state index >= 15 is 0 Å². The summed E-state index contributed by atoms with van der Waals surface area (Å²) in [7, 11) is 0. The molecule has 0 saturated carbocycles. The highest BCUT2D eigenvalue weighted by Gasteiger charge is 2.42. The maximum absolute atomic E-state index is 12.5. The van der Waals surface area contributed by atoms with Crippen LogP contribution < -0.4 is 15.4 Å². The molecule has 0 unspecified atom stereocenters. The zero-order valence-corrected chi connectivity index (χ0v) is 16.5. The quantitative estimate of drug-likeness (QED) is 0.851. The maximum atomic E-state index is 12.5. The van der Waals surface area contributed by atoms with Crippen molar-refractivity contribution in [2.45, 2.75) is 70.7 Å². The van der Waals surface area contributed by atoms with Gasteiger partial charge in [0.1, 0.15) is 5.75 Å². The van der Waals surface area contributed by atoms with Gasteiger partial charge in [-0.2, -0.15) is 0 Å². The third-order valence-corrected chi connectivity index (χ3v) is 4.77. The molecule has 0 spiro atoms. The topological polar surface area (TPSA) is 54.9 Å². The number of hydrogen-bond acceptors (Lipinski definition) is 2. The largest absolute Gasteiger partial charge is 0.479 e. The Labute approximate surface area is 154 Å². The molecule has 1 saturated heterocycles. The summed E-state index contributed by atoms with van der Waals surface area (Å²) < 4.78 is 5.70. The van der Waals surface area contributed by atoms with Crippen LogP contribution in [0.1, 0.15) is 47.5 Å². The molecule has 1 heterocycles. The Bertz CT molecular complexity index is 601. The van der Waals surface area contributed by atoms with E-state index < -0.39 is 6.10 Å². The van der Waals surface area contributed by atoms with E-state index in [9.17, 15) is 4.79 Å². The van der Waals surface area contributed by atoms with Crippen LogP contribution in [0.2, 0.25) is 10.0 Å². The van der Waals surface area contributed by atoms with Crippen LogP contribution in [-0.2, 0) is 4.79 Å².